The summed E-state index contributed by atoms with van der Waals surface area (Å²) in [5.41, 5.74) is 4.79. The van der Waals surface area contributed by atoms with Crippen LogP contribution in [0.3, 0.4) is 0 Å². The Morgan fingerprint density at radius 2 is 1.65 bits per heavy atom. The van der Waals surface area contributed by atoms with E-state index in [9.17, 15) is 22.8 Å². The molecule has 0 fully saturated rings. The number of allylic oxidation sites excluding steroid dienone is 2. The van der Waals surface area contributed by atoms with Gasteiger partial charge in [0.15, 0.2) is 0 Å². The molecule has 3 aromatic carbocycles. The fourth-order valence-corrected chi connectivity index (χ4v) is 4.65. The van der Waals surface area contributed by atoms with Crippen LogP contribution in [0.1, 0.15) is 52.7 Å². The highest BCUT2D eigenvalue weighted by Gasteiger charge is 2.31. The van der Waals surface area contributed by atoms with Gasteiger partial charge in [0.2, 0.25) is 0 Å². The molecule has 1 aromatic heterocycles. The van der Waals surface area contributed by atoms with Crippen LogP contribution in [0.25, 0.3) is 5.57 Å². The highest BCUT2D eigenvalue weighted by molar-refractivity contribution is 6.03. The molecule has 1 aliphatic rings. The molecule has 0 atom stereocenters. The first-order chi connectivity index (χ1) is 20.7. The fraction of sp³-hybridized carbons (Fsp3) is 0.233. The number of hydrogen-bond donors (Lipinski definition) is 3. The van der Waals surface area contributed by atoms with Gasteiger partial charge < -0.3 is 10.1 Å². The molecule has 13 heteroatoms. The minimum Gasteiger partial charge on any atom is -0.406 e. The number of halogens is 3. The van der Waals surface area contributed by atoms with Gasteiger partial charge in [-0.2, -0.15) is 5.21 Å². The fourth-order valence-electron chi connectivity index (χ4n) is 4.65. The van der Waals surface area contributed by atoms with E-state index >= 15 is 0 Å². The van der Waals surface area contributed by atoms with Gasteiger partial charge in [0.25, 0.3) is 11.9 Å². The van der Waals surface area contributed by atoms with E-state index in [1.807, 2.05) is 24.3 Å². The summed E-state index contributed by atoms with van der Waals surface area (Å²) >= 11 is 0. The molecule has 0 bridgehead atoms. The summed E-state index contributed by atoms with van der Waals surface area (Å²) in [6.45, 7) is 0.279. The first-order valence-corrected chi connectivity index (χ1v) is 13.6. The Balaban J connectivity index is 1.30. The Kier molecular flexibility index (Phi) is 8.99. The molecule has 0 radical (unpaired) electrons. The van der Waals surface area contributed by atoms with E-state index in [1.54, 1.807) is 29.2 Å². The van der Waals surface area contributed by atoms with Crippen molar-refractivity contribution in [2.75, 3.05) is 10.2 Å². The monoisotopic (exact) mass is 591 g/mol. The molecule has 3 amide bonds. The van der Waals surface area contributed by atoms with Crippen LogP contribution in [-0.4, -0.2) is 38.9 Å². The Hall–Kier alpha value is -5.20. The molecule has 0 spiro atoms. The van der Waals surface area contributed by atoms with E-state index in [4.69, 9.17) is 0 Å². The number of ether oxygens (including phenoxy) is 1. The van der Waals surface area contributed by atoms with Crippen LogP contribution in [0.5, 0.6) is 5.75 Å². The van der Waals surface area contributed by atoms with Crippen molar-refractivity contribution in [2.45, 2.75) is 45.1 Å². The first-order valence-electron chi connectivity index (χ1n) is 13.6. The summed E-state index contributed by atoms with van der Waals surface area (Å²) in [4.78, 5) is 27.5. The molecular formula is C30H28F3N7O3. The van der Waals surface area contributed by atoms with Gasteiger partial charge in [-0.25, -0.2) is 4.79 Å². The number of rotatable bonds is 9. The third kappa shape index (κ3) is 8.18. The summed E-state index contributed by atoms with van der Waals surface area (Å²) in [7, 11) is 0. The highest BCUT2D eigenvalue weighted by atomic mass is 19.4. The average molecular weight is 592 g/mol. The van der Waals surface area contributed by atoms with Crippen LogP contribution in [-0.2, 0) is 13.1 Å². The zero-order valence-corrected chi connectivity index (χ0v) is 22.9. The summed E-state index contributed by atoms with van der Waals surface area (Å²) < 4.78 is 41.3. The van der Waals surface area contributed by atoms with Crippen molar-refractivity contribution in [3.63, 3.8) is 0 Å². The van der Waals surface area contributed by atoms with Crippen molar-refractivity contribution in [1.82, 2.24) is 25.9 Å². The number of aromatic nitrogens is 4. The lowest BCUT2D eigenvalue weighted by Gasteiger charge is -2.24. The van der Waals surface area contributed by atoms with E-state index in [0.29, 0.717) is 16.8 Å². The Morgan fingerprint density at radius 1 is 0.930 bits per heavy atom. The van der Waals surface area contributed by atoms with Gasteiger partial charge in [-0.15, -0.1) is 18.3 Å². The van der Waals surface area contributed by atoms with Crippen LogP contribution in [0, 0.1) is 0 Å². The van der Waals surface area contributed by atoms with Gasteiger partial charge in [0, 0.05) is 17.8 Å². The molecule has 3 N–H and O–H groups in total. The van der Waals surface area contributed by atoms with Crippen molar-refractivity contribution >= 4 is 29.1 Å². The minimum absolute atomic E-state index is 0.0480. The number of amides is 3. The molecule has 4 aromatic rings. The number of aromatic amines is 1. The molecule has 222 valence electrons. The number of nitrogens with one attached hydrogen (secondary N) is 3. The molecule has 0 saturated carbocycles. The number of tetrazole rings is 1. The van der Waals surface area contributed by atoms with E-state index in [-0.39, 0.29) is 24.8 Å². The third-order valence-corrected chi connectivity index (χ3v) is 6.81. The summed E-state index contributed by atoms with van der Waals surface area (Å²) in [6, 6.07) is 19.4. The maximum Gasteiger partial charge on any atom is 0.573 e. The summed E-state index contributed by atoms with van der Waals surface area (Å²) in [5, 5.41) is 18.4. The largest absolute Gasteiger partial charge is 0.573 e. The minimum atomic E-state index is -4.78. The molecule has 43 heavy (non-hydrogen) atoms. The molecule has 10 nitrogen and oxygen atoms in total. The lowest BCUT2D eigenvalue weighted by atomic mass is 9.93. The second-order valence-electron chi connectivity index (χ2n) is 9.85. The predicted molar refractivity (Wildman–Crippen MR) is 153 cm³/mol. The van der Waals surface area contributed by atoms with Gasteiger partial charge in [0.05, 0.1) is 6.54 Å². The Bertz CT molecular complexity index is 1550. The topological polar surface area (TPSA) is 125 Å². The van der Waals surface area contributed by atoms with Crippen LogP contribution in [0.2, 0.25) is 0 Å². The van der Waals surface area contributed by atoms with Gasteiger partial charge in [-0.3, -0.25) is 15.0 Å². The Morgan fingerprint density at radius 3 is 2.28 bits per heavy atom. The molecule has 1 heterocycles. The number of H-pyrrole nitrogens is 1. The van der Waals surface area contributed by atoms with Crippen molar-refractivity contribution in [3.05, 3.63) is 101 Å². The SMILES string of the molecule is O=C(Nc1nn[nH]n1)c1ccc(CN(C(=O)NCc2ccc(OC(F)(F)F)cc2)c2ccc(C3=CCCCC3)cc2)cc1. The number of carbonyl (C=O) groups excluding carboxylic acids is 2. The number of alkyl halides is 3. The zero-order chi connectivity index (χ0) is 30.2. The van der Waals surface area contributed by atoms with Crippen molar-refractivity contribution in [3.8, 4) is 5.75 Å². The summed E-state index contributed by atoms with van der Waals surface area (Å²) in [5.74, 6) is -0.708. The van der Waals surface area contributed by atoms with E-state index in [1.165, 1.54) is 36.3 Å². The van der Waals surface area contributed by atoms with Gasteiger partial charge in [-0.1, -0.05) is 47.6 Å². The number of carbonyl (C=O) groups is 2. The maximum atomic E-state index is 13.5. The third-order valence-electron chi connectivity index (χ3n) is 6.81. The molecular weight excluding hydrogens is 563 g/mol. The predicted octanol–water partition coefficient (Wildman–Crippen LogP) is 6.22. The van der Waals surface area contributed by atoms with Crippen molar-refractivity contribution < 1.29 is 27.5 Å². The van der Waals surface area contributed by atoms with Crippen LogP contribution in [0.15, 0.2) is 78.9 Å². The van der Waals surface area contributed by atoms with Crippen molar-refractivity contribution in [2.24, 2.45) is 0 Å². The zero-order valence-electron chi connectivity index (χ0n) is 22.9. The average Bonchev–Trinajstić information content (AvgIpc) is 3.52. The van der Waals surface area contributed by atoms with Crippen LogP contribution < -0.4 is 20.3 Å². The number of urea groups is 1. The second-order valence-corrected chi connectivity index (χ2v) is 9.85. The highest BCUT2D eigenvalue weighted by Crippen LogP contribution is 2.29. The lowest BCUT2D eigenvalue weighted by Crippen LogP contribution is -2.39. The Labute approximate surface area is 244 Å². The van der Waals surface area contributed by atoms with E-state index < -0.39 is 18.3 Å². The number of nitrogens with zero attached hydrogens (tertiary/aromatic N) is 4. The molecule has 0 aliphatic heterocycles. The van der Waals surface area contributed by atoms with E-state index in [2.05, 4.69) is 42.1 Å². The van der Waals surface area contributed by atoms with Crippen LogP contribution >= 0.6 is 0 Å². The summed E-state index contributed by atoms with van der Waals surface area (Å²) in [6.07, 6.45) is 1.88. The standard InChI is InChI=1S/C30H28F3N7O3/c31-30(32,33)43-26-16-8-20(9-17-26)18-34-29(42)40(25-14-12-23(13-15-25)22-4-2-1-3-5-22)19-21-6-10-24(11-7-21)27(41)35-28-36-38-39-37-28/h4,6-17H,1-3,5,18-19H2,(H,34,42)(H2,35,36,37,38,39,41). The molecule has 1 aliphatic carbocycles. The molecule has 5 rings (SSSR count). The number of benzene rings is 3. The smallest absolute Gasteiger partial charge is 0.406 e. The van der Waals surface area contributed by atoms with Crippen molar-refractivity contribution in [1.29, 1.82) is 0 Å². The van der Waals surface area contributed by atoms with E-state index in [0.717, 1.165) is 30.4 Å². The maximum absolute atomic E-state index is 13.5. The normalized spacial score (nSPS) is 13.1. The second kappa shape index (κ2) is 13.2. The van der Waals surface area contributed by atoms with Gasteiger partial charge in [0.1, 0.15) is 5.75 Å². The first kappa shape index (κ1) is 29.3. The van der Waals surface area contributed by atoms with Gasteiger partial charge in [-0.05, 0) is 89.6 Å². The quantitative estimate of drug-likeness (QED) is 0.212. The number of anilines is 2. The number of hydrogen-bond acceptors (Lipinski definition) is 6. The molecule has 0 saturated heterocycles. The van der Waals surface area contributed by atoms with Gasteiger partial charge >= 0.3 is 12.4 Å². The molecule has 0 unspecified atom stereocenters. The lowest BCUT2D eigenvalue weighted by molar-refractivity contribution is -0.274. The van der Waals surface area contributed by atoms with Crippen LogP contribution in [0.4, 0.5) is 29.6 Å².